The van der Waals surface area contributed by atoms with Gasteiger partial charge in [0.05, 0.1) is 18.4 Å². The quantitative estimate of drug-likeness (QED) is 0.423. The fraction of sp³-hybridized carbons (Fsp3) is 0.429. The number of nitrogens with zero attached hydrogens (tertiary/aromatic N) is 5. The molecular formula is C21H24N6O2S. The second-order valence-corrected chi connectivity index (χ2v) is 8.39. The van der Waals surface area contributed by atoms with E-state index in [0.717, 1.165) is 66.3 Å². The first-order valence-electron chi connectivity index (χ1n) is 10.4. The Hall–Kier alpha value is -2.65. The van der Waals surface area contributed by atoms with Crippen molar-refractivity contribution in [3.05, 3.63) is 42.2 Å². The summed E-state index contributed by atoms with van der Waals surface area (Å²) in [7, 11) is 0. The first-order valence-corrected chi connectivity index (χ1v) is 11.4. The zero-order valence-electron chi connectivity index (χ0n) is 16.9. The lowest BCUT2D eigenvalue weighted by atomic mass is 10.1. The number of para-hydroxylation sites is 1. The second-order valence-electron chi connectivity index (χ2n) is 7.44. The minimum absolute atomic E-state index is 0.186. The van der Waals surface area contributed by atoms with E-state index >= 15 is 0 Å². The van der Waals surface area contributed by atoms with Crippen LogP contribution in [0.3, 0.4) is 0 Å². The van der Waals surface area contributed by atoms with Crippen LogP contribution in [0.5, 0.6) is 0 Å². The second kappa shape index (κ2) is 8.61. The molecule has 1 saturated heterocycles. The highest BCUT2D eigenvalue weighted by Crippen LogP contribution is 2.32. The fourth-order valence-electron chi connectivity index (χ4n) is 3.80. The first kappa shape index (κ1) is 19.3. The number of aromatic amines is 1. The normalized spacial score (nSPS) is 16.6. The number of H-pyrrole nitrogens is 1. The Labute approximate surface area is 178 Å². The van der Waals surface area contributed by atoms with Gasteiger partial charge in [-0.2, -0.15) is 4.98 Å². The van der Waals surface area contributed by atoms with Crippen LogP contribution in [0.25, 0.3) is 22.3 Å². The van der Waals surface area contributed by atoms with Gasteiger partial charge in [-0.3, -0.25) is 4.57 Å². The fourth-order valence-corrected chi connectivity index (χ4v) is 4.59. The molecule has 3 aromatic heterocycles. The highest BCUT2D eigenvalue weighted by Gasteiger charge is 2.23. The summed E-state index contributed by atoms with van der Waals surface area (Å²) in [6.45, 7) is 3.65. The number of benzene rings is 1. The van der Waals surface area contributed by atoms with Crippen LogP contribution in [0.15, 0.2) is 40.1 Å². The molecule has 1 aromatic carbocycles. The van der Waals surface area contributed by atoms with E-state index in [1.54, 1.807) is 11.8 Å². The van der Waals surface area contributed by atoms with Crippen molar-refractivity contribution >= 4 is 22.7 Å². The maximum absolute atomic E-state index is 5.90. The van der Waals surface area contributed by atoms with E-state index in [1.807, 2.05) is 18.3 Å². The summed E-state index contributed by atoms with van der Waals surface area (Å²) in [5.41, 5.74) is 2.14. The van der Waals surface area contributed by atoms with E-state index < -0.39 is 0 Å². The van der Waals surface area contributed by atoms with Gasteiger partial charge in [-0.05, 0) is 25.3 Å². The number of hydrogen-bond donors (Lipinski definition) is 1. The van der Waals surface area contributed by atoms with Crippen LogP contribution >= 0.6 is 11.8 Å². The van der Waals surface area contributed by atoms with Crippen molar-refractivity contribution < 1.29 is 9.26 Å². The molecule has 1 fully saturated rings. The Balaban J connectivity index is 1.44. The van der Waals surface area contributed by atoms with Gasteiger partial charge in [0.25, 0.3) is 0 Å². The molecule has 8 nitrogen and oxygen atoms in total. The number of fused-ring (bicyclic) bond motifs is 1. The van der Waals surface area contributed by atoms with Crippen molar-refractivity contribution in [2.45, 2.75) is 56.2 Å². The smallest absolute Gasteiger partial charge is 0.226 e. The number of thioether (sulfide) groups is 1. The zero-order chi connectivity index (χ0) is 20.3. The molecule has 1 N–H and O–H groups in total. The highest BCUT2D eigenvalue weighted by atomic mass is 32.2. The number of aryl methyl sites for hydroxylation is 1. The molecule has 30 heavy (non-hydrogen) atoms. The minimum atomic E-state index is 0.186. The van der Waals surface area contributed by atoms with Crippen molar-refractivity contribution in [3.8, 4) is 11.4 Å². The summed E-state index contributed by atoms with van der Waals surface area (Å²) in [5, 5.41) is 15.1. The first-order chi connectivity index (χ1) is 14.8. The molecule has 0 radical (unpaired) electrons. The Kier molecular flexibility index (Phi) is 5.54. The van der Waals surface area contributed by atoms with E-state index in [-0.39, 0.29) is 6.10 Å². The molecule has 1 aliphatic heterocycles. The number of nitrogens with one attached hydrogen (secondary N) is 1. The van der Waals surface area contributed by atoms with Crippen molar-refractivity contribution in [3.63, 3.8) is 0 Å². The monoisotopic (exact) mass is 424 g/mol. The lowest BCUT2D eigenvalue weighted by Gasteiger charge is -2.14. The van der Waals surface area contributed by atoms with E-state index in [1.165, 1.54) is 0 Å². The van der Waals surface area contributed by atoms with Gasteiger partial charge >= 0.3 is 0 Å². The Morgan fingerprint density at radius 2 is 2.20 bits per heavy atom. The van der Waals surface area contributed by atoms with E-state index in [2.05, 4.69) is 48.9 Å². The van der Waals surface area contributed by atoms with E-state index in [9.17, 15) is 0 Å². The summed E-state index contributed by atoms with van der Waals surface area (Å²) in [4.78, 5) is 7.80. The number of hydrogen-bond acceptors (Lipinski definition) is 7. The van der Waals surface area contributed by atoms with Gasteiger partial charge in [0.15, 0.2) is 16.8 Å². The van der Waals surface area contributed by atoms with Crippen LogP contribution in [-0.2, 0) is 23.5 Å². The van der Waals surface area contributed by atoms with Crippen LogP contribution in [0.2, 0.25) is 0 Å². The molecule has 1 unspecified atom stereocenters. The molecule has 4 aromatic rings. The standard InChI is InChI=1S/C21H24N6O2S/c1-2-6-19-23-18(26-29-19)13-30-21-25-24-20(27(21)12-14-7-5-10-28-14)16-11-22-17-9-4-3-8-15(16)17/h3-4,8-9,11,14,22H,2,5-7,10,12-13H2,1H3. The molecule has 9 heteroatoms. The lowest BCUT2D eigenvalue weighted by molar-refractivity contribution is 0.0953. The van der Waals surface area contributed by atoms with Crippen LogP contribution in [-0.4, -0.2) is 42.6 Å². The summed E-state index contributed by atoms with van der Waals surface area (Å²) in [6.07, 6.45) is 6.13. The molecular weight excluding hydrogens is 400 g/mol. The van der Waals surface area contributed by atoms with Gasteiger partial charge in [-0.1, -0.05) is 42.0 Å². The average Bonchev–Trinajstić information content (AvgIpc) is 3.55. The van der Waals surface area contributed by atoms with Crippen LogP contribution in [0.4, 0.5) is 0 Å². The van der Waals surface area contributed by atoms with Crippen molar-refractivity contribution in [1.29, 1.82) is 0 Å². The molecule has 5 rings (SSSR count). The van der Waals surface area contributed by atoms with Gasteiger partial charge in [0.2, 0.25) is 5.89 Å². The Morgan fingerprint density at radius 3 is 3.07 bits per heavy atom. The Bertz CT molecular complexity index is 1130. The maximum Gasteiger partial charge on any atom is 0.226 e. The highest BCUT2D eigenvalue weighted by molar-refractivity contribution is 7.98. The van der Waals surface area contributed by atoms with Crippen molar-refractivity contribution in [1.82, 2.24) is 29.9 Å². The van der Waals surface area contributed by atoms with Gasteiger partial charge in [-0.15, -0.1) is 10.2 Å². The minimum Gasteiger partial charge on any atom is -0.376 e. The van der Waals surface area contributed by atoms with Crippen LogP contribution < -0.4 is 0 Å². The molecule has 4 heterocycles. The average molecular weight is 425 g/mol. The molecule has 1 aliphatic rings. The predicted molar refractivity (Wildman–Crippen MR) is 114 cm³/mol. The molecule has 156 valence electrons. The van der Waals surface area contributed by atoms with Crippen LogP contribution in [0, 0.1) is 0 Å². The number of ether oxygens (including phenoxy) is 1. The largest absolute Gasteiger partial charge is 0.376 e. The third kappa shape index (κ3) is 3.87. The molecule has 0 spiro atoms. The van der Waals surface area contributed by atoms with E-state index in [0.29, 0.717) is 17.5 Å². The molecule has 0 bridgehead atoms. The third-order valence-corrected chi connectivity index (χ3v) is 6.22. The topological polar surface area (TPSA) is 94.7 Å². The Morgan fingerprint density at radius 1 is 1.27 bits per heavy atom. The number of aromatic nitrogens is 6. The van der Waals surface area contributed by atoms with Crippen molar-refractivity contribution in [2.75, 3.05) is 6.61 Å². The maximum atomic E-state index is 5.90. The van der Waals surface area contributed by atoms with Gasteiger partial charge in [0, 0.05) is 35.7 Å². The summed E-state index contributed by atoms with van der Waals surface area (Å²) < 4.78 is 13.4. The summed E-state index contributed by atoms with van der Waals surface area (Å²) in [6, 6.07) is 8.24. The van der Waals surface area contributed by atoms with Crippen LogP contribution in [0.1, 0.15) is 37.9 Å². The SMILES string of the molecule is CCCc1nc(CSc2nnc(-c3c[nH]c4ccccc34)n2CC2CCCO2)no1. The molecule has 0 amide bonds. The third-order valence-electron chi connectivity index (χ3n) is 5.26. The molecule has 0 saturated carbocycles. The van der Waals surface area contributed by atoms with Crippen molar-refractivity contribution in [2.24, 2.45) is 0 Å². The van der Waals surface area contributed by atoms with E-state index in [4.69, 9.17) is 9.26 Å². The van der Waals surface area contributed by atoms with Gasteiger partial charge in [-0.25, -0.2) is 0 Å². The molecule has 0 aliphatic carbocycles. The predicted octanol–water partition coefficient (Wildman–Crippen LogP) is 4.23. The zero-order valence-corrected chi connectivity index (χ0v) is 17.7. The summed E-state index contributed by atoms with van der Waals surface area (Å²) >= 11 is 1.58. The lowest BCUT2D eigenvalue weighted by Crippen LogP contribution is -2.16. The molecule has 1 atom stereocenters. The van der Waals surface area contributed by atoms with Gasteiger partial charge < -0.3 is 14.2 Å². The summed E-state index contributed by atoms with van der Waals surface area (Å²) in [5.74, 6) is 2.81. The van der Waals surface area contributed by atoms with Gasteiger partial charge in [0.1, 0.15) is 0 Å². The number of rotatable bonds is 8.